The molecular formula is C16H18FNO2. The van der Waals surface area contributed by atoms with E-state index in [9.17, 15) is 9.18 Å². The molecule has 3 nitrogen and oxygen atoms in total. The number of benzene rings is 2. The maximum Gasteiger partial charge on any atom is 0.303 e. The van der Waals surface area contributed by atoms with Gasteiger partial charge in [0.05, 0.1) is 0 Å². The Hall–Kier alpha value is -2.36. The summed E-state index contributed by atoms with van der Waals surface area (Å²) >= 11 is 0. The number of halogens is 1. The highest BCUT2D eigenvalue weighted by Crippen LogP contribution is 2.08. The lowest BCUT2D eigenvalue weighted by Gasteiger charge is -2.05. The van der Waals surface area contributed by atoms with Crippen molar-refractivity contribution < 1.29 is 14.3 Å². The number of carboxylic acids is 1. The van der Waals surface area contributed by atoms with Gasteiger partial charge in [0.2, 0.25) is 0 Å². The van der Waals surface area contributed by atoms with Crippen molar-refractivity contribution in [3.63, 3.8) is 0 Å². The van der Waals surface area contributed by atoms with Gasteiger partial charge in [-0.25, -0.2) is 4.39 Å². The topological polar surface area (TPSA) is 49.3 Å². The standard InChI is InChI=1S/C13H12FN.C3H6O2/c14-12-8-6-11(7-9-12)10-15-13-4-2-1-3-5-13;1-2-3(4)5/h1-9,15H,10H2;2H2,1H3,(H,4,5). The molecule has 0 saturated heterocycles. The quantitative estimate of drug-likeness (QED) is 0.889. The van der Waals surface area contributed by atoms with Crippen LogP contribution in [0.1, 0.15) is 18.9 Å². The minimum absolute atomic E-state index is 0.196. The largest absolute Gasteiger partial charge is 0.481 e. The van der Waals surface area contributed by atoms with E-state index in [0.717, 1.165) is 11.3 Å². The van der Waals surface area contributed by atoms with Crippen LogP contribution < -0.4 is 5.32 Å². The number of hydrogen-bond acceptors (Lipinski definition) is 2. The van der Waals surface area contributed by atoms with Crippen molar-refractivity contribution in [1.82, 2.24) is 0 Å². The third-order valence-electron chi connectivity index (χ3n) is 2.49. The summed E-state index contributed by atoms with van der Waals surface area (Å²) in [6.07, 6.45) is 0.222. The normalized spacial score (nSPS) is 9.30. The molecule has 0 bridgehead atoms. The Bertz CT molecular complexity index is 512. The summed E-state index contributed by atoms with van der Waals surface area (Å²) in [4.78, 5) is 9.37. The Labute approximate surface area is 118 Å². The van der Waals surface area contributed by atoms with E-state index in [2.05, 4.69) is 5.32 Å². The fraction of sp³-hybridized carbons (Fsp3) is 0.188. The molecule has 0 heterocycles. The molecule has 2 rings (SSSR count). The maximum atomic E-state index is 12.6. The van der Waals surface area contributed by atoms with E-state index in [0.29, 0.717) is 6.54 Å². The first-order valence-corrected chi connectivity index (χ1v) is 6.37. The highest BCUT2D eigenvalue weighted by molar-refractivity contribution is 5.66. The second-order valence-electron chi connectivity index (χ2n) is 4.09. The average Bonchev–Trinajstić information content (AvgIpc) is 2.48. The molecule has 106 valence electrons. The van der Waals surface area contributed by atoms with Gasteiger partial charge in [0.25, 0.3) is 0 Å². The number of aliphatic carboxylic acids is 1. The summed E-state index contributed by atoms with van der Waals surface area (Å²) in [5.74, 6) is -0.941. The van der Waals surface area contributed by atoms with Crippen molar-refractivity contribution in [3.8, 4) is 0 Å². The molecule has 20 heavy (non-hydrogen) atoms. The zero-order chi connectivity index (χ0) is 14.8. The van der Waals surface area contributed by atoms with Gasteiger partial charge in [0.1, 0.15) is 5.82 Å². The predicted octanol–water partition coefficient (Wildman–Crippen LogP) is 3.92. The molecule has 4 heteroatoms. The van der Waals surface area contributed by atoms with E-state index in [1.165, 1.54) is 12.1 Å². The zero-order valence-electron chi connectivity index (χ0n) is 11.3. The first-order chi connectivity index (χ1) is 9.61. The van der Waals surface area contributed by atoms with Crippen LogP contribution in [-0.4, -0.2) is 11.1 Å². The molecule has 0 aromatic heterocycles. The average molecular weight is 275 g/mol. The Balaban J connectivity index is 0.000000347. The van der Waals surface area contributed by atoms with E-state index < -0.39 is 5.97 Å². The highest BCUT2D eigenvalue weighted by atomic mass is 19.1. The van der Waals surface area contributed by atoms with Crippen LogP contribution in [-0.2, 0) is 11.3 Å². The van der Waals surface area contributed by atoms with Crippen LogP contribution in [0.3, 0.4) is 0 Å². The van der Waals surface area contributed by atoms with E-state index in [1.807, 2.05) is 30.3 Å². The lowest BCUT2D eigenvalue weighted by atomic mass is 10.2. The van der Waals surface area contributed by atoms with Gasteiger partial charge in [-0.3, -0.25) is 4.79 Å². The summed E-state index contributed by atoms with van der Waals surface area (Å²) in [5.41, 5.74) is 2.14. The van der Waals surface area contributed by atoms with Crippen LogP contribution in [0, 0.1) is 5.82 Å². The molecular weight excluding hydrogens is 257 g/mol. The molecule has 2 aromatic carbocycles. The van der Waals surface area contributed by atoms with Crippen molar-refractivity contribution in [2.75, 3.05) is 5.32 Å². The smallest absolute Gasteiger partial charge is 0.303 e. The van der Waals surface area contributed by atoms with Crippen molar-refractivity contribution >= 4 is 11.7 Å². The molecule has 0 atom stereocenters. The molecule has 0 saturated carbocycles. The number of carboxylic acid groups (broad SMARTS) is 1. The molecule has 2 aromatic rings. The second-order valence-corrected chi connectivity index (χ2v) is 4.09. The Morgan fingerprint density at radius 3 is 2.15 bits per heavy atom. The number of hydrogen-bond donors (Lipinski definition) is 2. The number of nitrogens with one attached hydrogen (secondary N) is 1. The minimum atomic E-state index is -0.745. The predicted molar refractivity (Wildman–Crippen MR) is 78.1 cm³/mol. The van der Waals surface area contributed by atoms with Gasteiger partial charge in [-0.05, 0) is 29.8 Å². The first-order valence-electron chi connectivity index (χ1n) is 6.37. The maximum absolute atomic E-state index is 12.6. The number of rotatable bonds is 4. The fourth-order valence-corrected chi connectivity index (χ4v) is 1.36. The van der Waals surface area contributed by atoms with Gasteiger partial charge in [-0.15, -0.1) is 0 Å². The molecule has 0 unspecified atom stereocenters. The summed E-state index contributed by atoms with van der Waals surface area (Å²) < 4.78 is 12.6. The van der Waals surface area contributed by atoms with E-state index in [1.54, 1.807) is 19.1 Å². The van der Waals surface area contributed by atoms with Gasteiger partial charge >= 0.3 is 5.97 Å². The lowest BCUT2D eigenvalue weighted by Crippen LogP contribution is -1.98. The second kappa shape index (κ2) is 8.69. The van der Waals surface area contributed by atoms with Crippen LogP contribution in [0.25, 0.3) is 0 Å². The van der Waals surface area contributed by atoms with Crippen LogP contribution in [0.2, 0.25) is 0 Å². The highest BCUT2D eigenvalue weighted by Gasteiger charge is 1.93. The third kappa shape index (κ3) is 6.54. The van der Waals surface area contributed by atoms with Crippen molar-refractivity contribution in [2.45, 2.75) is 19.9 Å². The molecule has 2 N–H and O–H groups in total. The molecule has 0 amide bonds. The summed E-state index contributed by atoms with van der Waals surface area (Å²) in [6, 6.07) is 16.5. The van der Waals surface area contributed by atoms with Crippen molar-refractivity contribution in [1.29, 1.82) is 0 Å². The van der Waals surface area contributed by atoms with Gasteiger partial charge in [-0.1, -0.05) is 37.3 Å². The lowest BCUT2D eigenvalue weighted by molar-refractivity contribution is -0.136. The molecule has 0 spiro atoms. The summed E-state index contributed by atoms with van der Waals surface area (Å²) in [7, 11) is 0. The molecule has 0 fully saturated rings. The molecule has 0 aliphatic carbocycles. The Morgan fingerprint density at radius 1 is 1.10 bits per heavy atom. The third-order valence-corrected chi connectivity index (χ3v) is 2.49. The van der Waals surface area contributed by atoms with Crippen molar-refractivity contribution in [2.24, 2.45) is 0 Å². The van der Waals surface area contributed by atoms with Crippen LogP contribution >= 0.6 is 0 Å². The van der Waals surface area contributed by atoms with E-state index >= 15 is 0 Å². The van der Waals surface area contributed by atoms with Gasteiger partial charge in [-0.2, -0.15) is 0 Å². The fourth-order valence-electron chi connectivity index (χ4n) is 1.36. The number of anilines is 1. The van der Waals surface area contributed by atoms with E-state index in [4.69, 9.17) is 5.11 Å². The molecule has 0 radical (unpaired) electrons. The van der Waals surface area contributed by atoms with Gasteiger partial charge < -0.3 is 10.4 Å². The monoisotopic (exact) mass is 275 g/mol. The van der Waals surface area contributed by atoms with Gasteiger partial charge in [0.15, 0.2) is 0 Å². The van der Waals surface area contributed by atoms with Crippen molar-refractivity contribution in [3.05, 3.63) is 66.0 Å². The van der Waals surface area contributed by atoms with Crippen LogP contribution in [0.15, 0.2) is 54.6 Å². The summed E-state index contributed by atoms with van der Waals surface area (Å²) in [6.45, 7) is 2.31. The van der Waals surface area contributed by atoms with Crippen LogP contribution in [0.4, 0.5) is 10.1 Å². The van der Waals surface area contributed by atoms with Gasteiger partial charge in [0, 0.05) is 18.7 Å². The number of carbonyl (C=O) groups is 1. The molecule has 0 aliphatic heterocycles. The first kappa shape index (κ1) is 15.7. The number of para-hydroxylation sites is 1. The van der Waals surface area contributed by atoms with Crippen LogP contribution in [0.5, 0.6) is 0 Å². The zero-order valence-corrected chi connectivity index (χ0v) is 11.3. The Morgan fingerprint density at radius 2 is 1.65 bits per heavy atom. The summed E-state index contributed by atoms with van der Waals surface area (Å²) in [5, 5.41) is 11.0. The SMILES string of the molecule is CCC(=O)O.Fc1ccc(CNc2ccccc2)cc1. The molecule has 0 aliphatic rings. The Kier molecular flexibility index (Phi) is 6.82. The minimum Gasteiger partial charge on any atom is -0.481 e. The van der Waals surface area contributed by atoms with E-state index in [-0.39, 0.29) is 12.2 Å².